The third-order valence-electron chi connectivity index (χ3n) is 5.86. The van der Waals surface area contributed by atoms with Crippen LogP contribution in [0.25, 0.3) is 0 Å². The Morgan fingerprint density at radius 2 is 1.62 bits per heavy atom. The van der Waals surface area contributed by atoms with E-state index in [1.54, 1.807) is 12.0 Å². The molecule has 5 heteroatoms. The Morgan fingerprint density at radius 1 is 0.912 bits per heavy atom. The van der Waals surface area contributed by atoms with Crippen molar-refractivity contribution in [3.05, 3.63) is 101 Å². The molecule has 0 aliphatic heterocycles. The van der Waals surface area contributed by atoms with E-state index in [1.165, 1.54) is 5.56 Å². The quantitative estimate of drug-likeness (QED) is 0.453. The summed E-state index contributed by atoms with van der Waals surface area (Å²) < 4.78 is 5.37. The van der Waals surface area contributed by atoms with Gasteiger partial charge in [0.2, 0.25) is 11.8 Å². The van der Waals surface area contributed by atoms with Gasteiger partial charge in [0, 0.05) is 25.9 Å². The summed E-state index contributed by atoms with van der Waals surface area (Å²) in [5, 5.41) is 2.93. The third-order valence-corrected chi connectivity index (χ3v) is 5.86. The van der Waals surface area contributed by atoms with Crippen molar-refractivity contribution in [3.8, 4) is 5.75 Å². The van der Waals surface area contributed by atoms with Crippen LogP contribution in [-0.4, -0.2) is 36.4 Å². The molecule has 0 saturated heterocycles. The van der Waals surface area contributed by atoms with Gasteiger partial charge in [0.15, 0.2) is 0 Å². The molecule has 0 fully saturated rings. The van der Waals surface area contributed by atoms with Crippen molar-refractivity contribution >= 4 is 11.8 Å². The Labute approximate surface area is 202 Å². The number of methoxy groups -OCH3 is 1. The summed E-state index contributed by atoms with van der Waals surface area (Å²) in [5.41, 5.74) is 4.23. The average molecular weight is 459 g/mol. The molecular formula is C29H34N2O3. The molecule has 0 bridgehead atoms. The lowest BCUT2D eigenvalue weighted by molar-refractivity contribution is -0.141. The highest BCUT2D eigenvalue weighted by Gasteiger charge is 2.30. The lowest BCUT2D eigenvalue weighted by Gasteiger charge is -2.31. The van der Waals surface area contributed by atoms with E-state index in [1.807, 2.05) is 68.4 Å². The van der Waals surface area contributed by atoms with Crippen molar-refractivity contribution in [2.45, 2.75) is 45.7 Å². The van der Waals surface area contributed by atoms with Gasteiger partial charge in [-0.05, 0) is 49.1 Å². The van der Waals surface area contributed by atoms with Crippen molar-refractivity contribution in [1.82, 2.24) is 10.2 Å². The average Bonchev–Trinajstić information content (AvgIpc) is 2.86. The summed E-state index contributed by atoms with van der Waals surface area (Å²) in [6.07, 6.45) is 1.41. The molecule has 3 aromatic rings. The second-order valence-corrected chi connectivity index (χ2v) is 8.46. The van der Waals surface area contributed by atoms with Gasteiger partial charge in [-0.25, -0.2) is 0 Å². The lowest BCUT2D eigenvalue weighted by atomic mass is 10.0. The molecule has 0 aliphatic rings. The number of benzene rings is 3. The van der Waals surface area contributed by atoms with Crippen LogP contribution in [0, 0.1) is 6.92 Å². The van der Waals surface area contributed by atoms with Crippen LogP contribution in [0.5, 0.6) is 5.75 Å². The SMILES string of the molecule is CCNC(=O)C(Cc1ccccc1)N(Cc1cccc(OC)c1)C(=O)CCc1ccc(C)cc1. The van der Waals surface area contributed by atoms with Crippen LogP contribution in [0.2, 0.25) is 0 Å². The zero-order valence-corrected chi connectivity index (χ0v) is 20.3. The second-order valence-electron chi connectivity index (χ2n) is 8.46. The first-order valence-electron chi connectivity index (χ1n) is 11.8. The van der Waals surface area contributed by atoms with Crippen molar-refractivity contribution < 1.29 is 14.3 Å². The first kappa shape index (κ1) is 25.0. The molecular weight excluding hydrogens is 424 g/mol. The molecule has 3 rings (SSSR count). The molecule has 1 N–H and O–H groups in total. The van der Waals surface area contributed by atoms with Gasteiger partial charge in [-0.15, -0.1) is 0 Å². The van der Waals surface area contributed by atoms with Crippen LogP contribution in [-0.2, 0) is 29.0 Å². The maximum atomic E-state index is 13.6. The van der Waals surface area contributed by atoms with Gasteiger partial charge in [-0.1, -0.05) is 72.3 Å². The molecule has 0 spiro atoms. The fraction of sp³-hybridized carbons (Fsp3) is 0.310. The highest BCUT2D eigenvalue weighted by atomic mass is 16.5. The summed E-state index contributed by atoms with van der Waals surface area (Å²) >= 11 is 0. The predicted molar refractivity (Wildman–Crippen MR) is 136 cm³/mol. The molecule has 0 aromatic heterocycles. The summed E-state index contributed by atoms with van der Waals surface area (Å²) in [7, 11) is 1.62. The fourth-order valence-corrected chi connectivity index (χ4v) is 3.96. The number of amides is 2. The Kier molecular flexibility index (Phi) is 9.27. The van der Waals surface area contributed by atoms with Crippen LogP contribution in [0.1, 0.15) is 35.6 Å². The van der Waals surface area contributed by atoms with Gasteiger partial charge in [-0.2, -0.15) is 0 Å². The minimum atomic E-state index is -0.612. The maximum Gasteiger partial charge on any atom is 0.243 e. The zero-order valence-electron chi connectivity index (χ0n) is 20.3. The van der Waals surface area contributed by atoms with Gasteiger partial charge < -0.3 is 15.0 Å². The monoisotopic (exact) mass is 458 g/mol. The molecule has 0 radical (unpaired) electrons. The van der Waals surface area contributed by atoms with E-state index >= 15 is 0 Å². The smallest absolute Gasteiger partial charge is 0.243 e. The number of likely N-dealkylation sites (N-methyl/N-ethyl adjacent to an activating group) is 1. The minimum absolute atomic E-state index is 0.0458. The number of nitrogens with one attached hydrogen (secondary N) is 1. The van der Waals surface area contributed by atoms with Crippen LogP contribution >= 0.6 is 0 Å². The van der Waals surface area contributed by atoms with Gasteiger partial charge in [0.05, 0.1) is 7.11 Å². The van der Waals surface area contributed by atoms with E-state index in [-0.39, 0.29) is 11.8 Å². The summed E-state index contributed by atoms with van der Waals surface area (Å²) in [6, 6.07) is 25.1. The van der Waals surface area contributed by atoms with Crippen molar-refractivity contribution in [3.63, 3.8) is 0 Å². The summed E-state index contributed by atoms with van der Waals surface area (Å²) in [4.78, 5) is 28.5. The van der Waals surface area contributed by atoms with Crippen molar-refractivity contribution in [2.24, 2.45) is 0 Å². The number of hydrogen-bond acceptors (Lipinski definition) is 3. The highest BCUT2D eigenvalue weighted by molar-refractivity contribution is 5.88. The van der Waals surface area contributed by atoms with E-state index < -0.39 is 6.04 Å². The fourth-order valence-electron chi connectivity index (χ4n) is 3.96. The normalized spacial score (nSPS) is 11.5. The van der Waals surface area contributed by atoms with Crippen LogP contribution in [0.15, 0.2) is 78.9 Å². The molecule has 0 heterocycles. The van der Waals surface area contributed by atoms with E-state index in [2.05, 4.69) is 29.6 Å². The van der Waals surface area contributed by atoms with Crippen LogP contribution < -0.4 is 10.1 Å². The van der Waals surface area contributed by atoms with Crippen molar-refractivity contribution in [1.29, 1.82) is 0 Å². The number of carbonyl (C=O) groups excluding carboxylic acids is 2. The molecule has 0 aliphatic carbocycles. The number of nitrogens with zero attached hydrogens (tertiary/aromatic N) is 1. The number of carbonyl (C=O) groups is 2. The Morgan fingerprint density at radius 3 is 2.29 bits per heavy atom. The highest BCUT2D eigenvalue weighted by Crippen LogP contribution is 2.20. The Hall–Kier alpha value is -3.60. The Bertz CT molecular complexity index is 1060. The molecule has 1 unspecified atom stereocenters. The number of ether oxygens (including phenoxy) is 1. The van der Waals surface area contributed by atoms with Crippen LogP contribution in [0.3, 0.4) is 0 Å². The largest absolute Gasteiger partial charge is 0.497 e. The van der Waals surface area contributed by atoms with E-state index in [0.29, 0.717) is 32.4 Å². The topological polar surface area (TPSA) is 58.6 Å². The van der Waals surface area contributed by atoms with E-state index in [9.17, 15) is 9.59 Å². The third kappa shape index (κ3) is 7.20. The standard InChI is InChI=1S/C29H34N2O3/c1-4-30-29(33)27(20-24-9-6-5-7-10-24)31(21-25-11-8-12-26(19-25)34-3)28(32)18-17-23-15-13-22(2)14-16-23/h5-16,19,27H,4,17-18,20-21H2,1-3H3,(H,30,33). The van der Waals surface area contributed by atoms with Gasteiger partial charge in [0.25, 0.3) is 0 Å². The second kappa shape index (κ2) is 12.6. The molecule has 3 aromatic carbocycles. The minimum Gasteiger partial charge on any atom is -0.497 e. The van der Waals surface area contributed by atoms with E-state index in [4.69, 9.17) is 4.74 Å². The molecule has 1 atom stereocenters. The predicted octanol–water partition coefficient (Wildman–Crippen LogP) is 4.71. The number of rotatable bonds is 11. The van der Waals surface area contributed by atoms with Gasteiger partial charge in [-0.3, -0.25) is 9.59 Å². The van der Waals surface area contributed by atoms with Gasteiger partial charge in [0.1, 0.15) is 11.8 Å². The molecule has 5 nitrogen and oxygen atoms in total. The van der Waals surface area contributed by atoms with Gasteiger partial charge >= 0.3 is 0 Å². The number of hydrogen-bond donors (Lipinski definition) is 1. The zero-order chi connectivity index (χ0) is 24.3. The number of aryl methyl sites for hydroxylation is 2. The first-order valence-corrected chi connectivity index (χ1v) is 11.8. The Balaban J connectivity index is 1.89. The molecule has 178 valence electrons. The molecule has 34 heavy (non-hydrogen) atoms. The molecule has 2 amide bonds. The summed E-state index contributed by atoms with van der Waals surface area (Å²) in [5.74, 6) is 0.538. The summed E-state index contributed by atoms with van der Waals surface area (Å²) in [6.45, 7) is 4.78. The lowest BCUT2D eigenvalue weighted by Crippen LogP contribution is -2.50. The van der Waals surface area contributed by atoms with E-state index in [0.717, 1.165) is 22.4 Å². The first-order chi connectivity index (χ1) is 16.5. The maximum absolute atomic E-state index is 13.6. The van der Waals surface area contributed by atoms with Crippen LogP contribution in [0.4, 0.5) is 0 Å². The molecule has 0 saturated carbocycles. The van der Waals surface area contributed by atoms with Crippen molar-refractivity contribution in [2.75, 3.05) is 13.7 Å².